The van der Waals surface area contributed by atoms with E-state index in [4.69, 9.17) is 5.73 Å². The minimum atomic E-state index is -0.494. The van der Waals surface area contributed by atoms with Gasteiger partial charge in [0.25, 0.3) is 0 Å². The van der Waals surface area contributed by atoms with Crippen molar-refractivity contribution in [3.05, 3.63) is 76.8 Å². The molecule has 3 heteroatoms. The van der Waals surface area contributed by atoms with Crippen LogP contribution < -0.4 is 5.73 Å². The van der Waals surface area contributed by atoms with Gasteiger partial charge in [0, 0.05) is 5.56 Å². The van der Waals surface area contributed by atoms with Crippen LogP contribution in [-0.2, 0) is 6.42 Å². The van der Waals surface area contributed by atoms with E-state index < -0.39 is 5.95 Å². The van der Waals surface area contributed by atoms with Crippen LogP contribution in [0.3, 0.4) is 0 Å². The number of nitrogens with two attached hydrogens (primary N) is 1. The van der Waals surface area contributed by atoms with Gasteiger partial charge in [-0.15, -0.1) is 0 Å². The topological polar surface area (TPSA) is 38.9 Å². The number of rotatable bonds is 3. The fourth-order valence-electron chi connectivity index (χ4n) is 2.52. The van der Waals surface area contributed by atoms with E-state index in [-0.39, 0.29) is 5.82 Å². The first kappa shape index (κ1) is 13.6. The number of aromatic nitrogens is 1. The van der Waals surface area contributed by atoms with Crippen LogP contribution in [0.15, 0.2) is 54.1 Å². The van der Waals surface area contributed by atoms with Gasteiger partial charge >= 0.3 is 0 Å². The summed E-state index contributed by atoms with van der Waals surface area (Å²) in [6, 6.07) is 11.8. The highest BCUT2D eigenvalue weighted by molar-refractivity contribution is 5.73. The van der Waals surface area contributed by atoms with Crippen LogP contribution in [0.1, 0.15) is 23.1 Å². The molecular weight excluding hydrogens is 263 g/mol. The molecule has 1 aliphatic rings. The molecule has 0 amide bonds. The van der Waals surface area contributed by atoms with Crippen LogP contribution in [0.2, 0.25) is 0 Å². The molecule has 1 aromatic heterocycles. The van der Waals surface area contributed by atoms with Crippen LogP contribution in [0.25, 0.3) is 5.57 Å². The molecule has 1 aromatic carbocycles. The number of hydrogen-bond donors (Lipinski definition) is 1. The first-order valence-corrected chi connectivity index (χ1v) is 6.99. The fraction of sp³-hybridized carbons (Fsp3) is 0.167. The van der Waals surface area contributed by atoms with Crippen molar-refractivity contribution in [2.45, 2.75) is 19.8 Å². The van der Waals surface area contributed by atoms with Crippen LogP contribution in [0.4, 0.5) is 10.2 Å². The van der Waals surface area contributed by atoms with Gasteiger partial charge in [0.15, 0.2) is 0 Å². The Labute approximate surface area is 123 Å². The minimum absolute atomic E-state index is 0.211. The van der Waals surface area contributed by atoms with Gasteiger partial charge in [0.1, 0.15) is 5.82 Å². The van der Waals surface area contributed by atoms with Gasteiger partial charge in [-0.1, -0.05) is 42.0 Å². The number of nitrogens with zero attached hydrogens (tertiary/aromatic N) is 1. The number of benzene rings is 1. The second kappa shape index (κ2) is 5.52. The largest absolute Gasteiger partial charge is 0.384 e. The molecule has 0 spiro atoms. The van der Waals surface area contributed by atoms with E-state index in [9.17, 15) is 4.39 Å². The lowest BCUT2D eigenvalue weighted by Crippen LogP contribution is -1.97. The Hall–Kier alpha value is -2.42. The summed E-state index contributed by atoms with van der Waals surface area (Å²) < 4.78 is 13.8. The molecule has 3 rings (SSSR count). The normalized spacial score (nSPS) is 14.0. The summed E-state index contributed by atoms with van der Waals surface area (Å²) in [6.07, 6.45) is 5.80. The van der Waals surface area contributed by atoms with Gasteiger partial charge in [-0.25, -0.2) is 4.98 Å². The summed E-state index contributed by atoms with van der Waals surface area (Å²) in [6.45, 7) is 2.08. The zero-order valence-electron chi connectivity index (χ0n) is 11.9. The van der Waals surface area contributed by atoms with Gasteiger partial charge in [-0.2, -0.15) is 4.39 Å². The van der Waals surface area contributed by atoms with Crippen LogP contribution in [-0.4, -0.2) is 4.98 Å². The molecule has 0 unspecified atom stereocenters. The molecule has 1 heterocycles. The zero-order valence-corrected chi connectivity index (χ0v) is 11.9. The predicted octanol–water partition coefficient (Wildman–Crippen LogP) is 4.07. The lowest BCUT2D eigenvalue weighted by molar-refractivity contribution is 0.581. The number of nitrogen functional groups attached to an aromatic ring is 1. The second-order valence-corrected chi connectivity index (χ2v) is 5.39. The van der Waals surface area contributed by atoms with Crippen LogP contribution in [0.5, 0.6) is 0 Å². The first-order valence-electron chi connectivity index (χ1n) is 6.99. The maximum Gasteiger partial charge on any atom is 0.222 e. The molecule has 0 bridgehead atoms. The lowest BCUT2D eigenvalue weighted by Gasteiger charge is -2.04. The molecule has 2 aromatic rings. The summed E-state index contributed by atoms with van der Waals surface area (Å²) in [5.41, 5.74) is 10.7. The maximum absolute atomic E-state index is 13.8. The molecule has 0 fully saturated rings. The van der Waals surface area contributed by atoms with Gasteiger partial charge in [0.2, 0.25) is 5.95 Å². The summed E-state index contributed by atoms with van der Waals surface area (Å²) in [4.78, 5) is 3.68. The molecule has 0 atom stereocenters. The molecule has 0 aliphatic heterocycles. The van der Waals surface area contributed by atoms with Crippen molar-refractivity contribution in [2.75, 3.05) is 5.73 Å². The van der Waals surface area contributed by atoms with Crippen molar-refractivity contribution in [3.8, 4) is 0 Å². The van der Waals surface area contributed by atoms with Crippen molar-refractivity contribution >= 4 is 11.4 Å². The number of aryl methyl sites for hydroxylation is 1. The molecule has 1 aliphatic carbocycles. The van der Waals surface area contributed by atoms with E-state index >= 15 is 0 Å². The zero-order chi connectivity index (χ0) is 14.8. The lowest BCUT2D eigenvalue weighted by atomic mass is 10.0. The Bertz CT molecular complexity index is 727. The number of allylic oxidation sites excluding steroid dienone is 4. The first-order chi connectivity index (χ1) is 10.1. The molecule has 0 radical (unpaired) electrons. The van der Waals surface area contributed by atoms with E-state index in [2.05, 4.69) is 48.3 Å². The monoisotopic (exact) mass is 280 g/mol. The highest BCUT2D eigenvalue weighted by Gasteiger charge is 2.14. The number of halogens is 1. The molecule has 0 saturated heterocycles. The van der Waals surface area contributed by atoms with Crippen molar-refractivity contribution in [3.63, 3.8) is 0 Å². The molecule has 0 saturated carbocycles. The highest BCUT2D eigenvalue weighted by atomic mass is 19.1. The average Bonchev–Trinajstić information content (AvgIpc) is 2.90. The Morgan fingerprint density at radius 3 is 2.62 bits per heavy atom. The predicted molar refractivity (Wildman–Crippen MR) is 84.2 cm³/mol. The summed E-state index contributed by atoms with van der Waals surface area (Å²) in [7, 11) is 0. The summed E-state index contributed by atoms with van der Waals surface area (Å²) in [5.74, 6) is -0.283. The molecule has 106 valence electrons. The Kier molecular flexibility index (Phi) is 3.57. The Morgan fingerprint density at radius 1 is 1.14 bits per heavy atom. The van der Waals surface area contributed by atoms with E-state index in [0.29, 0.717) is 5.56 Å². The van der Waals surface area contributed by atoms with Crippen LogP contribution >= 0.6 is 0 Å². The smallest absolute Gasteiger partial charge is 0.222 e. The molecular formula is C18H17FN2. The summed E-state index contributed by atoms with van der Waals surface area (Å²) >= 11 is 0. The number of anilines is 1. The van der Waals surface area contributed by atoms with Gasteiger partial charge < -0.3 is 5.73 Å². The second-order valence-electron chi connectivity index (χ2n) is 5.39. The highest BCUT2D eigenvalue weighted by Crippen LogP contribution is 2.30. The summed E-state index contributed by atoms with van der Waals surface area (Å²) in [5, 5.41) is 0. The quantitative estimate of drug-likeness (QED) is 0.861. The van der Waals surface area contributed by atoms with E-state index in [0.717, 1.165) is 18.4 Å². The fourth-order valence-corrected chi connectivity index (χ4v) is 2.52. The van der Waals surface area contributed by atoms with Gasteiger partial charge in [-0.3, -0.25) is 0 Å². The van der Waals surface area contributed by atoms with E-state index in [1.165, 1.54) is 16.7 Å². The van der Waals surface area contributed by atoms with Crippen molar-refractivity contribution in [2.24, 2.45) is 0 Å². The van der Waals surface area contributed by atoms with Crippen molar-refractivity contribution in [1.29, 1.82) is 0 Å². The molecule has 2 nitrogen and oxygen atoms in total. The van der Waals surface area contributed by atoms with Crippen LogP contribution in [0, 0.1) is 12.9 Å². The SMILES string of the molecule is Cc1ccc(CC2=CCC(c3ccc(N)nc3F)=C2)cc1. The van der Waals surface area contributed by atoms with Gasteiger partial charge in [-0.05, 0) is 48.6 Å². The Balaban J connectivity index is 1.78. The minimum Gasteiger partial charge on any atom is -0.384 e. The maximum atomic E-state index is 13.8. The van der Waals surface area contributed by atoms with Crippen molar-refractivity contribution in [1.82, 2.24) is 4.98 Å². The Morgan fingerprint density at radius 2 is 1.90 bits per heavy atom. The third kappa shape index (κ3) is 3.02. The van der Waals surface area contributed by atoms with Gasteiger partial charge in [0.05, 0.1) is 0 Å². The molecule has 2 N–H and O–H groups in total. The third-order valence-corrected chi connectivity index (χ3v) is 3.69. The van der Waals surface area contributed by atoms with E-state index in [1.54, 1.807) is 12.1 Å². The number of pyridine rings is 1. The number of hydrogen-bond acceptors (Lipinski definition) is 2. The molecule has 21 heavy (non-hydrogen) atoms. The van der Waals surface area contributed by atoms with Crippen molar-refractivity contribution < 1.29 is 4.39 Å². The third-order valence-electron chi connectivity index (χ3n) is 3.69. The standard InChI is InChI=1S/C18H17FN2/c1-12-2-4-13(5-3-12)10-14-6-7-15(11-14)16-8-9-17(20)21-18(16)19/h2-6,8-9,11H,7,10H2,1H3,(H2,20,21). The average molecular weight is 280 g/mol. The van der Waals surface area contributed by atoms with E-state index in [1.807, 2.05) is 0 Å².